The molecule has 2 aromatic rings. The molecule has 2 rings (SSSR count). The van der Waals surface area contributed by atoms with Gasteiger partial charge in [-0.2, -0.15) is 10.4 Å². The summed E-state index contributed by atoms with van der Waals surface area (Å²) >= 11 is 0. The Morgan fingerprint density at radius 1 is 1.18 bits per heavy atom. The number of ether oxygens (including phenoxy) is 2. The van der Waals surface area contributed by atoms with Crippen molar-refractivity contribution in [3.05, 3.63) is 54.1 Å². The van der Waals surface area contributed by atoms with E-state index in [1.165, 1.54) is 0 Å². The molecule has 0 aliphatic rings. The van der Waals surface area contributed by atoms with Crippen molar-refractivity contribution in [1.82, 2.24) is 0 Å². The molecule has 0 heterocycles. The van der Waals surface area contributed by atoms with Crippen LogP contribution in [0.1, 0.15) is 5.56 Å². The molecular formula is C17H17N3O2. The van der Waals surface area contributed by atoms with E-state index < -0.39 is 0 Å². The Balaban J connectivity index is 2.13. The second kappa shape index (κ2) is 7.70. The zero-order chi connectivity index (χ0) is 15.8. The van der Waals surface area contributed by atoms with Crippen LogP contribution in [-0.2, 0) is 0 Å². The first kappa shape index (κ1) is 15.4. The summed E-state index contributed by atoms with van der Waals surface area (Å²) in [5.41, 5.74) is 1.88. The first-order valence-corrected chi connectivity index (χ1v) is 6.75. The van der Waals surface area contributed by atoms with Crippen molar-refractivity contribution in [2.24, 2.45) is 5.10 Å². The van der Waals surface area contributed by atoms with Gasteiger partial charge in [0.15, 0.2) is 18.1 Å². The quantitative estimate of drug-likeness (QED) is 0.607. The highest BCUT2D eigenvalue weighted by molar-refractivity contribution is 5.81. The number of hydrogen-bond acceptors (Lipinski definition) is 5. The highest BCUT2D eigenvalue weighted by atomic mass is 16.5. The Bertz CT molecular complexity index is 678. The molecule has 112 valence electrons. The second-order valence-corrected chi connectivity index (χ2v) is 4.46. The van der Waals surface area contributed by atoms with E-state index in [0.29, 0.717) is 11.5 Å². The topological polar surface area (TPSA) is 57.9 Å². The third-order valence-corrected chi connectivity index (χ3v) is 2.99. The van der Waals surface area contributed by atoms with Crippen LogP contribution in [0.4, 0.5) is 5.69 Å². The van der Waals surface area contributed by atoms with Gasteiger partial charge in [-0.25, -0.2) is 0 Å². The summed E-state index contributed by atoms with van der Waals surface area (Å²) in [4.78, 5) is 0. The summed E-state index contributed by atoms with van der Waals surface area (Å²) in [6, 6.07) is 17.2. The highest BCUT2D eigenvalue weighted by Gasteiger charge is 2.05. The van der Waals surface area contributed by atoms with E-state index in [1.807, 2.05) is 55.6 Å². The van der Waals surface area contributed by atoms with Gasteiger partial charge in [0.1, 0.15) is 6.07 Å². The molecule has 0 aliphatic carbocycles. The monoisotopic (exact) mass is 295 g/mol. The van der Waals surface area contributed by atoms with E-state index in [4.69, 9.17) is 14.7 Å². The first-order valence-electron chi connectivity index (χ1n) is 6.75. The second-order valence-electron chi connectivity index (χ2n) is 4.46. The smallest absolute Gasteiger partial charge is 0.174 e. The summed E-state index contributed by atoms with van der Waals surface area (Å²) in [6.45, 7) is -0.0134. The maximum absolute atomic E-state index is 8.56. The summed E-state index contributed by atoms with van der Waals surface area (Å²) < 4.78 is 10.6. The van der Waals surface area contributed by atoms with Gasteiger partial charge in [-0.3, -0.25) is 5.01 Å². The minimum atomic E-state index is -0.0134. The molecule has 0 bridgehead atoms. The molecule has 0 unspecified atom stereocenters. The lowest BCUT2D eigenvalue weighted by Crippen LogP contribution is -2.08. The van der Waals surface area contributed by atoms with Crippen LogP contribution in [0.2, 0.25) is 0 Å². The standard InChI is InChI=1S/C17H17N3O2/c1-20(15-6-4-3-5-7-15)19-13-14-8-9-16(22-11-10-18)17(12-14)21-2/h3-9,12-13H,11H2,1-2H3/b19-13-. The van der Waals surface area contributed by atoms with E-state index in [0.717, 1.165) is 11.3 Å². The molecule has 5 heteroatoms. The maximum atomic E-state index is 8.56. The number of hydrogen-bond donors (Lipinski definition) is 0. The Kier molecular flexibility index (Phi) is 5.38. The Hall–Kier alpha value is -3.00. The van der Waals surface area contributed by atoms with Crippen molar-refractivity contribution in [1.29, 1.82) is 5.26 Å². The summed E-state index contributed by atoms with van der Waals surface area (Å²) in [7, 11) is 3.44. The largest absolute Gasteiger partial charge is 0.493 e. The van der Waals surface area contributed by atoms with Crippen LogP contribution < -0.4 is 14.5 Å². The molecule has 0 aromatic heterocycles. The fourth-order valence-corrected chi connectivity index (χ4v) is 1.86. The summed E-state index contributed by atoms with van der Waals surface area (Å²) in [5, 5.41) is 14.7. The zero-order valence-corrected chi connectivity index (χ0v) is 12.6. The van der Waals surface area contributed by atoms with Gasteiger partial charge < -0.3 is 9.47 Å². The number of nitriles is 1. The molecule has 0 aliphatic heterocycles. The van der Waals surface area contributed by atoms with Crippen LogP contribution in [0.3, 0.4) is 0 Å². The number of para-hydroxylation sites is 1. The molecule has 0 N–H and O–H groups in total. The summed E-state index contributed by atoms with van der Waals surface area (Å²) in [5.74, 6) is 1.11. The molecule has 5 nitrogen and oxygen atoms in total. The van der Waals surface area contributed by atoms with E-state index in [9.17, 15) is 0 Å². The van der Waals surface area contributed by atoms with Gasteiger partial charge in [0.25, 0.3) is 0 Å². The van der Waals surface area contributed by atoms with Crippen LogP contribution in [0.5, 0.6) is 11.5 Å². The number of hydrazone groups is 1. The van der Waals surface area contributed by atoms with Gasteiger partial charge in [-0.15, -0.1) is 0 Å². The van der Waals surface area contributed by atoms with E-state index in [1.54, 1.807) is 24.4 Å². The minimum absolute atomic E-state index is 0.0134. The Morgan fingerprint density at radius 2 is 1.95 bits per heavy atom. The van der Waals surface area contributed by atoms with Gasteiger partial charge in [0.05, 0.1) is 19.0 Å². The van der Waals surface area contributed by atoms with Crippen LogP contribution >= 0.6 is 0 Å². The molecule has 0 radical (unpaired) electrons. The van der Waals surface area contributed by atoms with Crippen LogP contribution in [0, 0.1) is 11.3 Å². The fraction of sp³-hybridized carbons (Fsp3) is 0.176. The van der Waals surface area contributed by atoms with Crippen LogP contribution in [-0.4, -0.2) is 27.0 Å². The zero-order valence-electron chi connectivity index (χ0n) is 12.6. The minimum Gasteiger partial charge on any atom is -0.493 e. The third-order valence-electron chi connectivity index (χ3n) is 2.99. The van der Waals surface area contributed by atoms with E-state index in [2.05, 4.69) is 5.10 Å². The van der Waals surface area contributed by atoms with E-state index in [-0.39, 0.29) is 6.61 Å². The molecule has 0 spiro atoms. The normalized spacial score (nSPS) is 10.2. The van der Waals surface area contributed by atoms with E-state index >= 15 is 0 Å². The number of methoxy groups -OCH3 is 1. The average molecular weight is 295 g/mol. The predicted molar refractivity (Wildman–Crippen MR) is 86.5 cm³/mol. The molecule has 0 atom stereocenters. The molecule has 0 fully saturated rings. The van der Waals surface area contributed by atoms with Crippen molar-refractivity contribution in [2.75, 3.05) is 25.8 Å². The van der Waals surface area contributed by atoms with Gasteiger partial charge in [0, 0.05) is 7.05 Å². The lowest BCUT2D eigenvalue weighted by molar-refractivity contribution is 0.329. The van der Waals surface area contributed by atoms with Gasteiger partial charge in [0.2, 0.25) is 0 Å². The average Bonchev–Trinajstić information content (AvgIpc) is 2.58. The Labute approximate surface area is 130 Å². The lowest BCUT2D eigenvalue weighted by atomic mass is 10.2. The molecule has 2 aromatic carbocycles. The first-order chi connectivity index (χ1) is 10.7. The molecule has 0 saturated carbocycles. The number of rotatable bonds is 6. The van der Waals surface area contributed by atoms with Crippen molar-refractivity contribution >= 4 is 11.9 Å². The SMILES string of the molecule is COc1cc(/C=N\N(C)c2ccccc2)ccc1OCC#N. The fourth-order valence-electron chi connectivity index (χ4n) is 1.86. The Morgan fingerprint density at radius 3 is 2.64 bits per heavy atom. The highest BCUT2D eigenvalue weighted by Crippen LogP contribution is 2.27. The van der Waals surface area contributed by atoms with Crippen LogP contribution in [0.25, 0.3) is 0 Å². The van der Waals surface area contributed by atoms with Crippen molar-refractivity contribution < 1.29 is 9.47 Å². The lowest BCUT2D eigenvalue weighted by Gasteiger charge is -2.12. The van der Waals surface area contributed by atoms with Crippen molar-refractivity contribution in [3.63, 3.8) is 0 Å². The summed E-state index contributed by atoms with van der Waals surface area (Å²) in [6.07, 6.45) is 1.74. The molecule has 22 heavy (non-hydrogen) atoms. The third kappa shape index (κ3) is 4.00. The molecular weight excluding hydrogens is 278 g/mol. The van der Waals surface area contributed by atoms with Gasteiger partial charge in [-0.05, 0) is 35.9 Å². The van der Waals surface area contributed by atoms with Crippen molar-refractivity contribution in [3.8, 4) is 17.6 Å². The number of nitrogens with zero attached hydrogens (tertiary/aromatic N) is 3. The molecule has 0 amide bonds. The maximum Gasteiger partial charge on any atom is 0.174 e. The predicted octanol–water partition coefficient (Wildman–Crippen LogP) is 3.07. The number of benzene rings is 2. The van der Waals surface area contributed by atoms with Crippen LogP contribution in [0.15, 0.2) is 53.6 Å². The van der Waals surface area contributed by atoms with Crippen molar-refractivity contribution in [2.45, 2.75) is 0 Å². The van der Waals surface area contributed by atoms with Gasteiger partial charge >= 0.3 is 0 Å². The van der Waals surface area contributed by atoms with Gasteiger partial charge in [-0.1, -0.05) is 18.2 Å². The number of anilines is 1. The molecule has 0 saturated heterocycles.